The quantitative estimate of drug-likeness (QED) is 0.705. The fourth-order valence-corrected chi connectivity index (χ4v) is 4.38. The average molecular weight is 401 g/mol. The molecule has 2 heterocycles. The number of rotatable bonds is 5. The second kappa shape index (κ2) is 8.37. The minimum atomic E-state index is -3.64. The van der Waals surface area contributed by atoms with Crippen LogP contribution >= 0.6 is 0 Å². The molecule has 0 saturated carbocycles. The molecule has 0 aliphatic carbocycles. The van der Waals surface area contributed by atoms with Crippen molar-refractivity contribution in [1.29, 1.82) is 5.26 Å². The lowest BCUT2D eigenvalue weighted by atomic mass is 10.1. The number of nitrogens with zero attached hydrogens (tertiary/aromatic N) is 3. The highest BCUT2D eigenvalue weighted by Crippen LogP contribution is 2.23. The predicted octanol–water partition coefficient (Wildman–Crippen LogP) is 1.97. The van der Waals surface area contributed by atoms with Crippen molar-refractivity contribution in [3.8, 4) is 11.9 Å². The number of piperidine rings is 1. The van der Waals surface area contributed by atoms with Gasteiger partial charge in [0.15, 0.2) is 0 Å². The number of aromatic nitrogens is 1. The van der Waals surface area contributed by atoms with Crippen LogP contribution in [0, 0.1) is 11.3 Å². The Morgan fingerprint density at radius 3 is 2.39 bits per heavy atom. The standard InChI is InChI=1S/C19H19N3O5S/c1-26-19(23)15-3-5-17(6-4-15)28(24,25)22-10-8-16(9-11-22)27-18-7-2-14(12-20)13-21-18/h2-7,13,16H,8-11H2,1H3. The highest BCUT2D eigenvalue weighted by atomic mass is 32.2. The third kappa shape index (κ3) is 4.30. The van der Waals surface area contributed by atoms with Gasteiger partial charge in [-0.05, 0) is 43.2 Å². The van der Waals surface area contributed by atoms with Crippen molar-refractivity contribution in [3.05, 3.63) is 53.7 Å². The molecule has 3 rings (SSSR count). The molecule has 9 heteroatoms. The molecule has 1 aromatic heterocycles. The highest BCUT2D eigenvalue weighted by molar-refractivity contribution is 7.89. The van der Waals surface area contributed by atoms with Gasteiger partial charge in [-0.25, -0.2) is 18.2 Å². The predicted molar refractivity (Wildman–Crippen MR) is 99.1 cm³/mol. The van der Waals surface area contributed by atoms with E-state index in [2.05, 4.69) is 9.72 Å². The molecule has 1 aliphatic rings. The van der Waals surface area contributed by atoms with E-state index in [9.17, 15) is 13.2 Å². The molecule has 146 valence electrons. The molecule has 0 radical (unpaired) electrons. The summed E-state index contributed by atoms with van der Waals surface area (Å²) in [5.41, 5.74) is 0.745. The van der Waals surface area contributed by atoms with Crippen molar-refractivity contribution in [1.82, 2.24) is 9.29 Å². The minimum absolute atomic E-state index is 0.133. The lowest BCUT2D eigenvalue weighted by molar-refractivity contribution is 0.0600. The van der Waals surface area contributed by atoms with Crippen LogP contribution < -0.4 is 4.74 Å². The van der Waals surface area contributed by atoms with Gasteiger partial charge in [0.25, 0.3) is 0 Å². The summed E-state index contributed by atoms with van der Waals surface area (Å²) in [4.78, 5) is 15.7. The molecule has 0 bridgehead atoms. The van der Waals surface area contributed by atoms with Crippen LogP contribution in [0.1, 0.15) is 28.8 Å². The van der Waals surface area contributed by atoms with Crippen LogP contribution in [0.4, 0.5) is 0 Å². The Labute approximate surface area is 163 Å². The maximum Gasteiger partial charge on any atom is 0.337 e. The Hall–Kier alpha value is -2.96. The van der Waals surface area contributed by atoms with Gasteiger partial charge in [-0.1, -0.05) is 0 Å². The van der Waals surface area contributed by atoms with Gasteiger partial charge in [-0.3, -0.25) is 0 Å². The van der Waals surface area contributed by atoms with Crippen molar-refractivity contribution in [2.24, 2.45) is 0 Å². The van der Waals surface area contributed by atoms with Crippen LogP contribution in [0.2, 0.25) is 0 Å². The molecule has 2 aromatic rings. The summed E-state index contributed by atoms with van der Waals surface area (Å²) >= 11 is 0. The van der Waals surface area contributed by atoms with E-state index in [0.29, 0.717) is 42.9 Å². The summed E-state index contributed by atoms with van der Waals surface area (Å²) in [7, 11) is -2.37. The summed E-state index contributed by atoms with van der Waals surface area (Å²) in [6, 6.07) is 10.9. The van der Waals surface area contributed by atoms with Crippen LogP contribution in [0.15, 0.2) is 47.5 Å². The fraction of sp³-hybridized carbons (Fsp3) is 0.316. The van der Waals surface area contributed by atoms with Gasteiger partial charge in [0.05, 0.1) is 23.1 Å². The number of esters is 1. The topological polar surface area (TPSA) is 110 Å². The van der Waals surface area contributed by atoms with Crippen molar-refractivity contribution >= 4 is 16.0 Å². The normalized spacial score (nSPS) is 15.6. The molecule has 1 aromatic carbocycles. The van der Waals surface area contributed by atoms with Gasteiger partial charge in [0.2, 0.25) is 15.9 Å². The molecule has 1 aliphatic heterocycles. The molecular formula is C19H19N3O5S. The Kier molecular flexibility index (Phi) is 5.92. The Bertz CT molecular complexity index is 974. The third-order valence-electron chi connectivity index (χ3n) is 4.47. The first-order valence-electron chi connectivity index (χ1n) is 8.65. The summed E-state index contributed by atoms with van der Waals surface area (Å²) in [5.74, 6) is -0.1000. The number of pyridine rings is 1. The van der Waals surface area contributed by atoms with Crippen molar-refractivity contribution < 1.29 is 22.7 Å². The number of carbonyl (C=O) groups excluding carboxylic acids is 1. The Balaban J connectivity index is 1.61. The zero-order valence-corrected chi connectivity index (χ0v) is 16.1. The minimum Gasteiger partial charge on any atom is -0.474 e. The fourth-order valence-electron chi connectivity index (χ4n) is 2.91. The summed E-state index contributed by atoms with van der Waals surface area (Å²) in [5, 5.41) is 8.79. The zero-order chi connectivity index (χ0) is 20.1. The van der Waals surface area contributed by atoms with Crippen LogP contribution in [0.3, 0.4) is 0 Å². The van der Waals surface area contributed by atoms with E-state index in [0.717, 1.165) is 0 Å². The second-order valence-corrected chi connectivity index (χ2v) is 8.17. The smallest absolute Gasteiger partial charge is 0.337 e. The zero-order valence-electron chi connectivity index (χ0n) is 15.2. The van der Waals surface area contributed by atoms with Crippen LogP contribution in [-0.2, 0) is 14.8 Å². The lowest BCUT2D eigenvalue weighted by Crippen LogP contribution is -2.41. The summed E-state index contributed by atoms with van der Waals surface area (Å²) in [6.45, 7) is 0.643. The molecule has 28 heavy (non-hydrogen) atoms. The first kappa shape index (κ1) is 19.8. The van der Waals surface area contributed by atoms with E-state index in [1.54, 1.807) is 12.1 Å². The molecule has 1 fully saturated rings. The first-order valence-corrected chi connectivity index (χ1v) is 10.1. The van der Waals surface area contributed by atoms with E-state index in [1.807, 2.05) is 6.07 Å². The van der Waals surface area contributed by atoms with Gasteiger partial charge in [-0.15, -0.1) is 0 Å². The first-order chi connectivity index (χ1) is 13.4. The van der Waals surface area contributed by atoms with Crippen molar-refractivity contribution in [2.45, 2.75) is 23.8 Å². The van der Waals surface area contributed by atoms with Crippen LogP contribution in [-0.4, -0.2) is 50.0 Å². The summed E-state index contributed by atoms with van der Waals surface area (Å²) in [6.07, 6.45) is 2.35. The Morgan fingerprint density at radius 1 is 1.18 bits per heavy atom. The Morgan fingerprint density at radius 2 is 1.86 bits per heavy atom. The number of methoxy groups -OCH3 is 1. The van der Waals surface area contributed by atoms with Gasteiger partial charge in [0.1, 0.15) is 12.2 Å². The van der Waals surface area contributed by atoms with Crippen molar-refractivity contribution in [3.63, 3.8) is 0 Å². The number of carbonyl (C=O) groups is 1. The van der Waals surface area contributed by atoms with Gasteiger partial charge in [-0.2, -0.15) is 9.57 Å². The monoisotopic (exact) mass is 401 g/mol. The third-order valence-corrected chi connectivity index (χ3v) is 6.38. The van der Waals surface area contributed by atoms with E-state index < -0.39 is 16.0 Å². The van der Waals surface area contributed by atoms with E-state index in [4.69, 9.17) is 10.00 Å². The molecule has 0 N–H and O–H groups in total. The molecule has 0 atom stereocenters. The van der Waals surface area contributed by atoms with E-state index >= 15 is 0 Å². The number of benzene rings is 1. The number of ether oxygens (including phenoxy) is 2. The van der Waals surface area contributed by atoms with Crippen LogP contribution in [0.25, 0.3) is 0 Å². The highest BCUT2D eigenvalue weighted by Gasteiger charge is 2.30. The van der Waals surface area contributed by atoms with Gasteiger partial charge < -0.3 is 9.47 Å². The summed E-state index contributed by atoms with van der Waals surface area (Å²) < 4.78 is 37.4. The molecule has 0 unspecified atom stereocenters. The second-order valence-electron chi connectivity index (χ2n) is 6.23. The number of hydrogen-bond donors (Lipinski definition) is 0. The van der Waals surface area contributed by atoms with E-state index in [-0.39, 0.29) is 11.0 Å². The number of sulfonamides is 1. The molecule has 8 nitrogen and oxygen atoms in total. The number of hydrogen-bond acceptors (Lipinski definition) is 7. The van der Waals surface area contributed by atoms with Gasteiger partial charge in [0, 0.05) is 25.4 Å². The van der Waals surface area contributed by atoms with E-state index in [1.165, 1.54) is 41.9 Å². The van der Waals surface area contributed by atoms with Gasteiger partial charge >= 0.3 is 5.97 Å². The number of nitriles is 1. The molecule has 0 spiro atoms. The lowest BCUT2D eigenvalue weighted by Gasteiger charge is -2.31. The van der Waals surface area contributed by atoms with Crippen molar-refractivity contribution in [2.75, 3.05) is 20.2 Å². The molecule has 1 saturated heterocycles. The SMILES string of the molecule is COC(=O)c1ccc(S(=O)(=O)N2CCC(Oc3ccc(C#N)cn3)CC2)cc1. The molecule has 0 amide bonds. The van der Waals surface area contributed by atoms with Crippen LogP contribution in [0.5, 0.6) is 5.88 Å². The maximum absolute atomic E-state index is 12.8. The maximum atomic E-state index is 12.8. The molecular weight excluding hydrogens is 382 g/mol. The average Bonchev–Trinajstić information content (AvgIpc) is 2.74. The largest absolute Gasteiger partial charge is 0.474 e.